The van der Waals surface area contributed by atoms with E-state index in [-0.39, 0.29) is 5.91 Å². The van der Waals surface area contributed by atoms with Crippen molar-refractivity contribution in [2.24, 2.45) is 0 Å². The SMILES string of the molecule is CCCCc1nnc(NC(=O)/C=C/c2ccccc2OCC)s1. The molecule has 1 aromatic heterocycles. The molecule has 0 atom stereocenters. The van der Waals surface area contributed by atoms with E-state index in [1.807, 2.05) is 31.2 Å². The molecule has 0 unspecified atom stereocenters. The number of carbonyl (C=O) groups is 1. The van der Waals surface area contributed by atoms with E-state index < -0.39 is 0 Å². The first-order valence-electron chi connectivity index (χ1n) is 7.76. The van der Waals surface area contributed by atoms with E-state index in [4.69, 9.17) is 4.74 Å². The van der Waals surface area contributed by atoms with Gasteiger partial charge in [-0.25, -0.2) is 0 Å². The van der Waals surface area contributed by atoms with Gasteiger partial charge >= 0.3 is 0 Å². The number of amides is 1. The zero-order valence-electron chi connectivity index (χ0n) is 13.4. The van der Waals surface area contributed by atoms with Crippen molar-refractivity contribution >= 4 is 28.5 Å². The molecule has 0 bridgehead atoms. The Balaban J connectivity index is 1.95. The van der Waals surface area contributed by atoms with E-state index in [2.05, 4.69) is 22.4 Å². The van der Waals surface area contributed by atoms with Crippen LogP contribution in [0.3, 0.4) is 0 Å². The zero-order valence-corrected chi connectivity index (χ0v) is 14.2. The number of hydrogen-bond donors (Lipinski definition) is 1. The molecule has 1 amide bonds. The second-order valence-electron chi connectivity index (χ2n) is 4.90. The van der Waals surface area contributed by atoms with Crippen molar-refractivity contribution in [1.29, 1.82) is 0 Å². The van der Waals surface area contributed by atoms with Crippen LogP contribution in [0.15, 0.2) is 30.3 Å². The quantitative estimate of drug-likeness (QED) is 0.744. The minimum atomic E-state index is -0.227. The average molecular weight is 331 g/mol. The minimum absolute atomic E-state index is 0.227. The van der Waals surface area contributed by atoms with Crippen molar-refractivity contribution in [3.05, 3.63) is 40.9 Å². The van der Waals surface area contributed by atoms with Gasteiger partial charge in [-0.1, -0.05) is 42.9 Å². The van der Waals surface area contributed by atoms with Crippen LogP contribution in [0.1, 0.15) is 37.3 Å². The van der Waals surface area contributed by atoms with Crippen LogP contribution in [-0.4, -0.2) is 22.7 Å². The number of anilines is 1. The van der Waals surface area contributed by atoms with Crippen LogP contribution >= 0.6 is 11.3 Å². The lowest BCUT2D eigenvalue weighted by Crippen LogP contribution is -2.07. The van der Waals surface area contributed by atoms with Gasteiger partial charge in [0.15, 0.2) is 0 Å². The Kier molecular flexibility index (Phi) is 6.75. The van der Waals surface area contributed by atoms with Gasteiger partial charge in [-0.3, -0.25) is 10.1 Å². The number of benzene rings is 1. The molecule has 5 nitrogen and oxygen atoms in total. The van der Waals surface area contributed by atoms with Crippen LogP contribution in [0.5, 0.6) is 5.75 Å². The van der Waals surface area contributed by atoms with Gasteiger partial charge < -0.3 is 4.74 Å². The van der Waals surface area contributed by atoms with Gasteiger partial charge in [0.2, 0.25) is 11.0 Å². The first-order chi connectivity index (χ1) is 11.2. The molecular weight excluding hydrogens is 310 g/mol. The summed E-state index contributed by atoms with van der Waals surface area (Å²) in [6.07, 6.45) is 6.31. The van der Waals surface area contributed by atoms with Crippen molar-refractivity contribution in [3.63, 3.8) is 0 Å². The second kappa shape index (κ2) is 9.05. The number of hydrogen-bond acceptors (Lipinski definition) is 5. The molecule has 0 saturated heterocycles. The van der Waals surface area contributed by atoms with E-state index in [1.165, 1.54) is 17.4 Å². The highest BCUT2D eigenvalue weighted by Crippen LogP contribution is 2.20. The molecule has 0 saturated carbocycles. The molecule has 122 valence electrons. The van der Waals surface area contributed by atoms with Crippen molar-refractivity contribution < 1.29 is 9.53 Å². The molecule has 0 aliphatic rings. The summed E-state index contributed by atoms with van der Waals surface area (Å²) in [4.78, 5) is 12.0. The fraction of sp³-hybridized carbons (Fsp3) is 0.353. The molecule has 0 aliphatic heterocycles. The maximum atomic E-state index is 12.0. The smallest absolute Gasteiger partial charge is 0.250 e. The van der Waals surface area contributed by atoms with Gasteiger partial charge in [0.25, 0.3) is 0 Å². The zero-order chi connectivity index (χ0) is 16.5. The van der Waals surface area contributed by atoms with Gasteiger partial charge in [0.1, 0.15) is 10.8 Å². The normalized spacial score (nSPS) is 10.9. The molecule has 0 aliphatic carbocycles. The Hall–Kier alpha value is -2.21. The summed E-state index contributed by atoms with van der Waals surface area (Å²) < 4.78 is 5.53. The summed E-state index contributed by atoms with van der Waals surface area (Å²) in [5.41, 5.74) is 0.866. The Morgan fingerprint density at radius 1 is 1.30 bits per heavy atom. The van der Waals surface area contributed by atoms with E-state index in [9.17, 15) is 4.79 Å². The van der Waals surface area contributed by atoms with E-state index in [0.29, 0.717) is 11.7 Å². The maximum absolute atomic E-state index is 12.0. The number of carbonyl (C=O) groups excluding carboxylic acids is 1. The number of nitrogens with one attached hydrogen (secondary N) is 1. The molecule has 1 heterocycles. The molecule has 1 aromatic carbocycles. The number of aryl methyl sites for hydroxylation is 1. The number of unbranched alkanes of at least 4 members (excludes halogenated alkanes) is 1. The van der Waals surface area contributed by atoms with Crippen molar-refractivity contribution in [2.75, 3.05) is 11.9 Å². The third-order valence-corrected chi connectivity index (χ3v) is 3.97. The average Bonchev–Trinajstić information content (AvgIpc) is 3.00. The van der Waals surface area contributed by atoms with Crippen LogP contribution < -0.4 is 10.1 Å². The standard InChI is InChI=1S/C17H21N3O2S/c1-3-5-10-16-19-20-17(23-16)18-15(21)12-11-13-8-6-7-9-14(13)22-4-2/h6-9,11-12H,3-5,10H2,1-2H3,(H,18,20,21)/b12-11+. The fourth-order valence-electron chi connectivity index (χ4n) is 1.95. The summed E-state index contributed by atoms with van der Waals surface area (Å²) in [5.74, 6) is 0.534. The highest BCUT2D eigenvalue weighted by atomic mass is 32.1. The largest absolute Gasteiger partial charge is 0.493 e. The van der Waals surface area contributed by atoms with Crippen LogP contribution in [-0.2, 0) is 11.2 Å². The van der Waals surface area contributed by atoms with Crippen LogP contribution in [0.4, 0.5) is 5.13 Å². The van der Waals surface area contributed by atoms with Crippen molar-refractivity contribution in [2.45, 2.75) is 33.1 Å². The van der Waals surface area contributed by atoms with Gasteiger partial charge in [-0.15, -0.1) is 10.2 Å². The lowest BCUT2D eigenvalue weighted by atomic mass is 10.2. The topological polar surface area (TPSA) is 64.1 Å². The first kappa shape index (κ1) is 17.1. The van der Waals surface area contributed by atoms with Crippen LogP contribution in [0.2, 0.25) is 0 Å². The Morgan fingerprint density at radius 3 is 2.91 bits per heavy atom. The minimum Gasteiger partial charge on any atom is -0.493 e. The lowest BCUT2D eigenvalue weighted by molar-refractivity contribution is -0.111. The second-order valence-corrected chi connectivity index (χ2v) is 5.96. The molecule has 2 aromatic rings. The molecule has 0 radical (unpaired) electrons. The Labute approximate surface area is 140 Å². The number of ether oxygens (including phenoxy) is 1. The van der Waals surface area contributed by atoms with E-state index in [1.54, 1.807) is 6.08 Å². The number of aromatic nitrogens is 2. The highest BCUT2D eigenvalue weighted by Gasteiger charge is 2.06. The van der Waals surface area contributed by atoms with E-state index >= 15 is 0 Å². The predicted molar refractivity (Wildman–Crippen MR) is 93.8 cm³/mol. The third-order valence-electron chi connectivity index (χ3n) is 3.07. The highest BCUT2D eigenvalue weighted by molar-refractivity contribution is 7.15. The molecule has 2 rings (SSSR count). The molecule has 0 spiro atoms. The summed E-state index contributed by atoms with van der Waals surface area (Å²) in [7, 11) is 0. The van der Waals surface area contributed by atoms with Crippen LogP contribution in [0.25, 0.3) is 6.08 Å². The van der Waals surface area contributed by atoms with Crippen molar-refractivity contribution in [1.82, 2.24) is 10.2 Å². The maximum Gasteiger partial charge on any atom is 0.250 e. The summed E-state index contributed by atoms with van der Waals surface area (Å²) in [6.45, 7) is 4.65. The molecule has 6 heteroatoms. The summed E-state index contributed by atoms with van der Waals surface area (Å²) >= 11 is 1.42. The number of rotatable bonds is 8. The predicted octanol–water partition coefficient (Wildman–Crippen LogP) is 3.93. The van der Waals surface area contributed by atoms with Gasteiger partial charge in [0, 0.05) is 18.1 Å². The lowest BCUT2D eigenvalue weighted by Gasteiger charge is -2.05. The Morgan fingerprint density at radius 2 is 2.13 bits per heavy atom. The van der Waals surface area contributed by atoms with Crippen LogP contribution in [0, 0.1) is 0 Å². The third kappa shape index (κ3) is 5.49. The molecular formula is C17H21N3O2S. The van der Waals surface area contributed by atoms with Gasteiger partial charge in [0.05, 0.1) is 6.61 Å². The monoisotopic (exact) mass is 331 g/mol. The molecule has 23 heavy (non-hydrogen) atoms. The number of para-hydroxylation sites is 1. The summed E-state index contributed by atoms with van der Waals surface area (Å²) in [6, 6.07) is 7.60. The molecule has 1 N–H and O–H groups in total. The Bertz CT molecular complexity index is 667. The first-order valence-corrected chi connectivity index (χ1v) is 8.57. The van der Waals surface area contributed by atoms with Gasteiger partial charge in [-0.05, 0) is 25.5 Å². The number of nitrogens with zero attached hydrogens (tertiary/aromatic N) is 2. The molecule has 0 fully saturated rings. The summed E-state index contributed by atoms with van der Waals surface area (Å²) in [5, 5.41) is 12.3. The fourth-order valence-corrected chi connectivity index (χ4v) is 2.74. The van der Waals surface area contributed by atoms with Crippen molar-refractivity contribution in [3.8, 4) is 5.75 Å². The van der Waals surface area contributed by atoms with Gasteiger partial charge in [-0.2, -0.15) is 0 Å². The van der Waals surface area contributed by atoms with E-state index in [0.717, 1.165) is 35.6 Å².